The van der Waals surface area contributed by atoms with E-state index in [0.717, 1.165) is 11.6 Å². The highest BCUT2D eigenvalue weighted by Crippen LogP contribution is 2.09. The lowest BCUT2D eigenvalue weighted by atomic mass is 10.0. The number of unbranched alkanes of at least 4 members (excludes halogenated alkanes) is 1. The zero-order chi connectivity index (χ0) is 11.8. The maximum absolute atomic E-state index is 11.7. The molecular formula is C12H13F2NO. The van der Waals surface area contributed by atoms with Crippen molar-refractivity contribution in [3.8, 4) is 0 Å². The molecule has 1 N–H and O–H groups in total. The maximum Gasteiger partial charge on any atom is 0.266 e. The van der Waals surface area contributed by atoms with Gasteiger partial charge in [-0.05, 0) is 30.9 Å². The zero-order valence-corrected chi connectivity index (χ0v) is 8.74. The van der Waals surface area contributed by atoms with Crippen LogP contribution in [0.4, 0.5) is 8.78 Å². The van der Waals surface area contributed by atoms with E-state index in [9.17, 15) is 8.78 Å². The molecule has 2 nitrogen and oxygen atoms in total. The Morgan fingerprint density at radius 1 is 1.25 bits per heavy atom. The SMILES string of the molecule is ON=C(CCCC=C(F)F)c1ccccc1. The summed E-state index contributed by atoms with van der Waals surface area (Å²) in [6.45, 7) is 0. The minimum Gasteiger partial charge on any atom is -0.411 e. The molecule has 0 heterocycles. The van der Waals surface area contributed by atoms with E-state index in [-0.39, 0.29) is 6.42 Å². The van der Waals surface area contributed by atoms with Gasteiger partial charge >= 0.3 is 0 Å². The Morgan fingerprint density at radius 3 is 2.50 bits per heavy atom. The molecule has 0 aliphatic heterocycles. The van der Waals surface area contributed by atoms with Crippen LogP contribution in [0, 0.1) is 0 Å². The van der Waals surface area contributed by atoms with Crippen molar-refractivity contribution >= 4 is 5.71 Å². The number of rotatable bonds is 5. The number of hydrogen-bond donors (Lipinski definition) is 1. The monoisotopic (exact) mass is 225 g/mol. The van der Waals surface area contributed by atoms with Gasteiger partial charge < -0.3 is 5.21 Å². The average Bonchev–Trinajstić information content (AvgIpc) is 2.30. The highest BCUT2D eigenvalue weighted by molar-refractivity contribution is 6.00. The van der Waals surface area contributed by atoms with Gasteiger partial charge in [-0.1, -0.05) is 35.5 Å². The molecule has 0 radical (unpaired) electrons. The summed E-state index contributed by atoms with van der Waals surface area (Å²) in [5.74, 6) is 0. The second-order valence-corrected chi connectivity index (χ2v) is 3.30. The smallest absolute Gasteiger partial charge is 0.266 e. The Kier molecular flexibility index (Phi) is 5.19. The van der Waals surface area contributed by atoms with Crippen LogP contribution in [-0.4, -0.2) is 10.9 Å². The fourth-order valence-electron chi connectivity index (χ4n) is 1.36. The number of halogens is 2. The first-order valence-electron chi connectivity index (χ1n) is 5.01. The van der Waals surface area contributed by atoms with Gasteiger partial charge in [0.2, 0.25) is 0 Å². The van der Waals surface area contributed by atoms with Gasteiger partial charge in [-0.3, -0.25) is 0 Å². The van der Waals surface area contributed by atoms with Crippen molar-refractivity contribution in [2.75, 3.05) is 0 Å². The van der Waals surface area contributed by atoms with Crippen LogP contribution in [0.1, 0.15) is 24.8 Å². The van der Waals surface area contributed by atoms with Crippen LogP contribution in [0.3, 0.4) is 0 Å². The largest absolute Gasteiger partial charge is 0.411 e. The Balaban J connectivity index is 2.49. The second-order valence-electron chi connectivity index (χ2n) is 3.30. The van der Waals surface area contributed by atoms with Crippen molar-refractivity contribution in [3.05, 3.63) is 48.1 Å². The molecule has 0 saturated heterocycles. The summed E-state index contributed by atoms with van der Waals surface area (Å²) in [6, 6.07) is 9.17. The molecule has 0 saturated carbocycles. The minimum atomic E-state index is -1.66. The van der Waals surface area contributed by atoms with E-state index >= 15 is 0 Å². The molecule has 16 heavy (non-hydrogen) atoms. The van der Waals surface area contributed by atoms with Crippen LogP contribution in [0.25, 0.3) is 0 Å². The lowest BCUT2D eigenvalue weighted by molar-refractivity contribution is 0.318. The molecule has 0 spiro atoms. The summed E-state index contributed by atoms with van der Waals surface area (Å²) in [6.07, 6.45) is 0.506. The van der Waals surface area contributed by atoms with Crippen LogP contribution >= 0.6 is 0 Å². The Bertz CT molecular complexity index is 370. The van der Waals surface area contributed by atoms with Gasteiger partial charge in [0.1, 0.15) is 0 Å². The molecule has 4 heteroatoms. The topological polar surface area (TPSA) is 32.6 Å². The normalized spacial score (nSPS) is 11.2. The third kappa shape index (κ3) is 4.21. The van der Waals surface area contributed by atoms with E-state index in [1.54, 1.807) is 0 Å². The van der Waals surface area contributed by atoms with Crippen molar-refractivity contribution in [2.24, 2.45) is 5.16 Å². The molecule has 86 valence electrons. The van der Waals surface area contributed by atoms with E-state index in [2.05, 4.69) is 5.16 Å². The van der Waals surface area contributed by atoms with Gasteiger partial charge in [0, 0.05) is 0 Å². The van der Waals surface area contributed by atoms with E-state index in [1.165, 1.54) is 0 Å². The first-order chi connectivity index (χ1) is 7.74. The molecule has 1 rings (SSSR count). The average molecular weight is 225 g/mol. The van der Waals surface area contributed by atoms with Crippen LogP contribution in [0.2, 0.25) is 0 Å². The van der Waals surface area contributed by atoms with E-state index in [4.69, 9.17) is 5.21 Å². The van der Waals surface area contributed by atoms with Crippen molar-refractivity contribution in [2.45, 2.75) is 19.3 Å². The van der Waals surface area contributed by atoms with Gasteiger partial charge in [0.05, 0.1) is 5.71 Å². The summed E-state index contributed by atoms with van der Waals surface area (Å²) >= 11 is 0. The third-order valence-corrected chi connectivity index (χ3v) is 2.14. The zero-order valence-electron chi connectivity index (χ0n) is 8.74. The summed E-state index contributed by atoms with van der Waals surface area (Å²) in [7, 11) is 0. The fraction of sp³-hybridized carbons (Fsp3) is 0.250. The summed E-state index contributed by atoms with van der Waals surface area (Å²) in [5, 5.41) is 12.0. The molecule has 0 unspecified atom stereocenters. The first-order valence-corrected chi connectivity index (χ1v) is 5.01. The van der Waals surface area contributed by atoms with E-state index in [1.807, 2.05) is 30.3 Å². The predicted octanol–water partition coefficient (Wildman–Crippen LogP) is 3.82. The molecule has 0 atom stereocenters. The molecule has 1 aromatic rings. The van der Waals surface area contributed by atoms with E-state index in [0.29, 0.717) is 18.6 Å². The maximum atomic E-state index is 11.7. The molecular weight excluding hydrogens is 212 g/mol. The molecule has 0 aliphatic carbocycles. The van der Waals surface area contributed by atoms with Gasteiger partial charge in [-0.25, -0.2) is 0 Å². The number of oxime groups is 1. The van der Waals surface area contributed by atoms with Crippen LogP contribution in [0.15, 0.2) is 47.6 Å². The second kappa shape index (κ2) is 6.71. The van der Waals surface area contributed by atoms with Crippen LogP contribution in [-0.2, 0) is 0 Å². The first kappa shape index (κ1) is 12.4. The number of nitrogens with zero attached hydrogens (tertiary/aromatic N) is 1. The third-order valence-electron chi connectivity index (χ3n) is 2.14. The number of benzene rings is 1. The Morgan fingerprint density at radius 2 is 1.94 bits per heavy atom. The lowest BCUT2D eigenvalue weighted by Crippen LogP contribution is -2.00. The predicted molar refractivity (Wildman–Crippen MR) is 58.9 cm³/mol. The number of allylic oxidation sites excluding steroid dienone is 1. The highest BCUT2D eigenvalue weighted by Gasteiger charge is 2.02. The fourth-order valence-corrected chi connectivity index (χ4v) is 1.36. The molecule has 0 bridgehead atoms. The van der Waals surface area contributed by atoms with E-state index < -0.39 is 6.08 Å². The highest BCUT2D eigenvalue weighted by atomic mass is 19.3. The Labute approximate surface area is 92.9 Å². The van der Waals surface area contributed by atoms with Crippen molar-refractivity contribution < 1.29 is 14.0 Å². The quantitative estimate of drug-likeness (QED) is 0.351. The van der Waals surface area contributed by atoms with Crippen LogP contribution < -0.4 is 0 Å². The van der Waals surface area contributed by atoms with Crippen LogP contribution in [0.5, 0.6) is 0 Å². The number of hydrogen-bond acceptors (Lipinski definition) is 2. The van der Waals surface area contributed by atoms with Gasteiger partial charge in [0.15, 0.2) is 0 Å². The molecule has 0 fully saturated rings. The van der Waals surface area contributed by atoms with Gasteiger partial charge in [-0.15, -0.1) is 0 Å². The molecule has 0 amide bonds. The molecule has 1 aromatic carbocycles. The van der Waals surface area contributed by atoms with Gasteiger partial charge in [0.25, 0.3) is 6.08 Å². The molecule has 0 aliphatic rings. The summed E-state index contributed by atoms with van der Waals surface area (Å²) in [4.78, 5) is 0. The van der Waals surface area contributed by atoms with Crippen molar-refractivity contribution in [1.29, 1.82) is 0 Å². The van der Waals surface area contributed by atoms with Crippen molar-refractivity contribution in [3.63, 3.8) is 0 Å². The minimum absolute atomic E-state index is 0.286. The standard InChI is InChI=1S/C12H13F2NO/c13-12(14)9-5-4-8-11(15-16)10-6-2-1-3-7-10/h1-3,6-7,9,16H,4-5,8H2. The Hall–Kier alpha value is -1.71. The van der Waals surface area contributed by atoms with Gasteiger partial charge in [-0.2, -0.15) is 8.78 Å². The van der Waals surface area contributed by atoms with Crippen molar-refractivity contribution in [1.82, 2.24) is 0 Å². The summed E-state index contributed by atoms with van der Waals surface area (Å²) in [5.41, 5.74) is 1.34. The summed E-state index contributed by atoms with van der Waals surface area (Å²) < 4.78 is 23.5. The molecule has 0 aromatic heterocycles. The lowest BCUT2D eigenvalue weighted by Gasteiger charge is -2.02.